The Morgan fingerprint density at radius 3 is 2.34 bits per heavy atom. The normalized spacial score (nSPS) is 10.9. The Morgan fingerprint density at radius 2 is 1.66 bits per heavy atom. The average molecular weight is 429 g/mol. The number of hydrazone groups is 1. The molecule has 0 aliphatic heterocycles. The zero-order valence-electron chi connectivity index (χ0n) is 15.7. The summed E-state index contributed by atoms with van der Waals surface area (Å²) in [5.41, 5.74) is 8.56. The van der Waals surface area contributed by atoms with E-state index in [0.29, 0.717) is 21.2 Å². The van der Waals surface area contributed by atoms with Gasteiger partial charge in [-0.3, -0.25) is 19.7 Å². The zero-order valence-corrected chi connectivity index (χ0v) is 17.3. The van der Waals surface area contributed by atoms with E-state index in [4.69, 9.17) is 23.2 Å². The number of aryl methyl sites for hydroxylation is 1. The highest BCUT2D eigenvalue weighted by molar-refractivity contribution is 6.42. The number of rotatable bonds is 5. The Kier molecular flexibility index (Phi) is 6.36. The Balaban J connectivity index is 1.70. The molecule has 1 aromatic heterocycles. The highest BCUT2D eigenvalue weighted by Crippen LogP contribution is 2.22. The van der Waals surface area contributed by atoms with E-state index in [1.165, 1.54) is 12.3 Å². The molecule has 0 fully saturated rings. The van der Waals surface area contributed by atoms with Crippen molar-refractivity contribution in [3.8, 4) is 0 Å². The number of hydrogen-bond acceptors (Lipinski definition) is 3. The van der Waals surface area contributed by atoms with Gasteiger partial charge in [0.25, 0.3) is 11.8 Å². The molecule has 0 unspecified atom stereocenters. The summed E-state index contributed by atoms with van der Waals surface area (Å²) < 4.78 is 1.68. The smallest absolute Gasteiger partial charge is 0.267 e. The van der Waals surface area contributed by atoms with Crippen molar-refractivity contribution >= 4 is 41.2 Å². The van der Waals surface area contributed by atoms with Gasteiger partial charge in [0.05, 0.1) is 16.3 Å². The summed E-state index contributed by atoms with van der Waals surface area (Å²) in [6.45, 7) is 3.71. The predicted octanol–water partition coefficient (Wildman–Crippen LogP) is 4.56. The first kappa shape index (κ1) is 20.6. The van der Waals surface area contributed by atoms with Gasteiger partial charge in [-0.2, -0.15) is 5.10 Å². The van der Waals surface area contributed by atoms with Gasteiger partial charge in [0, 0.05) is 28.1 Å². The summed E-state index contributed by atoms with van der Waals surface area (Å²) in [5.74, 6) is -0.630. The van der Waals surface area contributed by atoms with Gasteiger partial charge in [0.1, 0.15) is 0 Å². The van der Waals surface area contributed by atoms with Gasteiger partial charge in [0.2, 0.25) is 0 Å². The lowest BCUT2D eigenvalue weighted by molar-refractivity contribution is 0.0954. The van der Waals surface area contributed by atoms with Crippen LogP contribution in [0.3, 0.4) is 0 Å². The molecule has 3 aromatic rings. The van der Waals surface area contributed by atoms with Crippen LogP contribution >= 0.6 is 23.2 Å². The molecule has 2 amide bonds. The Bertz CT molecular complexity index is 1090. The third kappa shape index (κ3) is 4.85. The maximum Gasteiger partial charge on any atom is 0.271 e. The summed E-state index contributed by atoms with van der Waals surface area (Å²) >= 11 is 11.8. The number of amides is 2. The van der Waals surface area contributed by atoms with E-state index in [0.717, 1.165) is 17.0 Å². The molecular formula is C21H18Cl2N4O2. The van der Waals surface area contributed by atoms with Gasteiger partial charge in [-0.15, -0.1) is 0 Å². The third-order valence-corrected chi connectivity index (χ3v) is 5.01. The van der Waals surface area contributed by atoms with Crippen LogP contribution in [0.5, 0.6) is 0 Å². The predicted molar refractivity (Wildman–Crippen MR) is 116 cm³/mol. The number of nitrogens with one attached hydrogen (secondary N) is 2. The minimum Gasteiger partial charge on any atom is -0.267 e. The molecule has 0 atom stereocenters. The van der Waals surface area contributed by atoms with Crippen LogP contribution in [0.2, 0.25) is 10.0 Å². The standard InChI is InChI=1S/C21H18Cl2N4O2/c1-13-10-17(12-24-25-20(28)16-8-9-18(22)19(23)11-16)14(2)27(13)26-21(29)15-6-4-3-5-7-15/h3-12H,1-2H3,(H,25,28)(H,26,29)/b24-12-. The van der Waals surface area contributed by atoms with Crippen LogP contribution in [-0.4, -0.2) is 22.7 Å². The molecule has 0 aliphatic rings. The molecule has 1 heterocycles. The molecule has 0 aliphatic carbocycles. The fraction of sp³-hybridized carbons (Fsp3) is 0.0952. The minimum atomic E-state index is -0.411. The highest BCUT2D eigenvalue weighted by Gasteiger charge is 2.12. The van der Waals surface area contributed by atoms with E-state index < -0.39 is 5.91 Å². The number of hydrogen-bond donors (Lipinski definition) is 2. The average Bonchev–Trinajstić information content (AvgIpc) is 2.98. The van der Waals surface area contributed by atoms with Crippen LogP contribution in [0.25, 0.3) is 0 Å². The summed E-state index contributed by atoms with van der Waals surface area (Å²) in [5, 5.41) is 4.66. The maximum absolute atomic E-state index is 12.4. The molecular weight excluding hydrogens is 411 g/mol. The number of carbonyl (C=O) groups excluding carboxylic acids is 2. The van der Waals surface area contributed by atoms with Crippen molar-refractivity contribution in [2.24, 2.45) is 5.10 Å². The third-order valence-electron chi connectivity index (χ3n) is 4.27. The number of nitrogens with zero attached hydrogens (tertiary/aromatic N) is 2. The van der Waals surface area contributed by atoms with E-state index in [9.17, 15) is 9.59 Å². The molecule has 0 spiro atoms. The topological polar surface area (TPSA) is 75.5 Å². The van der Waals surface area contributed by atoms with Crippen LogP contribution < -0.4 is 10.9 Å². The van der Waals surface area contributed by atoms with Crippen LogP contribution in [0.15, 0.2) is 59.7 Å². The molecule has 2 N–H and O–H groups in total. The number of benzene rings is 2. The number of aromatic nitrogens is 1. The first-order valence-corrected chi connectivity index (χ1v) is 9.46. The molecule has 0 bridgehead atoms. The van der Waals surface area contributed by atoms with E-state index in [1.54, 1.807) is 41.1 Å². The van der Waals surface area contributed by atoms with E-state index >= 15 is 0 Å². The van der Waals surface area contributed by atoms with Gasteiger partial charge >= 0.3 is 0 Å². The first-order valence-electron chi connectivity index (χ1n) is 8.70. The van der Waals surface area contributed by atoms with Gasteiger partial charge in [0.15, 0.2) is 0 Å². The fourth-order valence-electron chi connectivity index (χ4n) is 2.71. The van der Waals surface area contributed by atoms with E-state index in [2.05, 4.69) is 16.0 Å². The highest BCUT2D eigenvalue weighted by atomic mass is 35.5. The van der Waals surface area contributed by atoms with Crippen LogP contribution in [0, 0.1) is 13.8 Å². The van der Waals surface area contributed by atoms with Crippen LogP contribution in [0.4, 0.5) is 0 Å². The Morgan fingerprint density at radius 1 is 0.931 bits per heavy atom. The van der Waals surface area contributed by atoms with E-state index in [1.807, 2.05) is 26.0 Å². The molecule has 8 heteroatoms. The molecule has 29 heavy (non-hydrogen) atoms. The van der Waals surface area contributed by atoms with Crippen LogP contribution in [0.1, 0.15) is 37.7 Å². The molecule has 6 nitrogen and oxygen atoms in total. The van der Waals surface area contributed by atoms with Gasteiger partial charge in [-0.05, 0) is 50.2 Å². The van der Waals surface area contributed by atoms with Crippen molar-refractivity contribution in [2.45, 2.75) is 13.8 Å². The quantitative estimate of drug-likeness (QED) is 0.461. The van der Waals surface area contributed by atoms with Crippen molar-refractivity contribution in [1.29, 1.82) is 0 Å². The van der Waals surface area contributed by atoms with Gasteiger partial charge in [-0.25, -0.2) is 5.43 Å². The second-order valence-corrected chi connectivity index (χ2v) is 7.11. The number of carbonyl (C=O) groups is 2. The fourth-order valence-corrected chi connectivity index (χ4v) is 3.01. The Hall–Kier alpha value is -3.09. The summed E-state index contributed by atoms with van der Waals surface area (Å²) in [4.78, 5) is 24.6. The lowest BCUT2D eigenvalue weighted by Gasteiger charge is -2.11. The van der Waals surface area contributed by atoms with Crippen molar-refractivity contribution in [3.63, 3.8) is 0 Å². The van der Waals surface area contributed by atoms with Crippen molar-refractivity contribution in [1.82, 2.24) is 10.1 Å². The largest absolute Gasteiger partial charge is 0.271 e. The zero-order chi connectivity index (χ0) is 21.0. The summed E-state index contributed by atoms with van der Waals surface area (Å²) in [7, 11) is 0. The monoisotopic (exact) mass is 428 g/mol. The SMILES string of the molecule is Cc1cc(/C=N\NC(=O)c2ccc(Cl)c(Cl)c2)c(C)n1NC(=O)c1ccccc1. The summed E-state index contributed by atoms with van der Waals surface area (Å²) in [6.07, 6.45) is 1.52. The van der Waals surface area contributed by atoms with Crippen molar-refractivity contribution < 1.29 is 9.59 Å². The van der Waals surface area contributed by atoms with Crippen molar-refractivity contribution in [3.05, 3.63) is 92.7 Å². The first-order chi connectivity index (χ1) is 13.9. The molecule has 3 rings (SSSR count). The second kappa shape index (κ2) is 8.94. The molecule has 0 saturated heterocycles. The molecule has 148 valence electrons. The molecule has 0 radical (unpaired) electrons. The number of halogens is 2. The maximum atomic E-state index is 12.4. The van der Waals surface area contributed by atoms with Gasteiger partial charge in [-0.1, -0.05) is 41.4 Å². The Labute approximate surface area is 178 Å². The molecule has 0 saturated carbocycles. The van der Waals surface area contributed by atoms with E-state index in [-0.39, 0.29) is 5.91 Å². The lowest BCUT2D eigenvalue weighted by atomic mass is 10.2. The second-order valence-electron chi connectivity index (χ2n) is 6.30. The minimum absolute atomic E-state index is 0.219. The summed E-state index contributed by atoms with van der Waals surface area (Å²) in [6, 6.07) is 15.4. The van der Waals surface area contributed by atoms with Gasteiger partial charge < -0.3 is 0 Å². The lowest BCUT2D eigenvalue weighted by Crippen LogP contribution is -2.24. The van der Waals surface area contributed by atoms with Crippen LogP contribution in [-0.2, 0) is 0 Å². The van der Waals surface area contributed by atoms with Crippen molar-refractivity contribution in [2.75, 3.05) is 5.43 Å². The molecule has 2 aromatic carbocycles.